The van der Waals surface area contributed by atoms with E-state index in [1.165, 1.54) is 12.1 Å². The van der Waals surface area contributed by atoms with Gasteiger partial charge in [0.05, 0.1) is 17.0 Å². The van der Waals surface area contributed by atoms with Gasteiger partial charge in [-0.1, -0.05) is 0 Å². The van der Waals surface area contributed by atoms with E-state index < -0.39 is 14.6 Å². The van der Waals surface area contributed by atoms with Crippen molar-refractivity contribution in [3.8, 4) is 5.75 Å². The van der Waals surface area contributed by atoms with Gasteiger partial charge in [-0.3, -0.25) is 9.79 Å². The normalized spacial score (nSPS) is 18.8. The lowest BCUT2D eigenvalue weighted by molar-refractivity contribution is 0.0954. The Hall–Kier alpha value is -2.29. The standard InChI is InChI=1S/C18H28N4O4S/c1-4-19-17(22-11-12-27(25,26)18(2,3)13-22)21-10-9-20-16(24)14-5-7-15(23)8-6-14/h5-8,23H,4,9-13H2,1-3H3,(H,19,21)(H,20,24). The number of hydrogen-bond donors (Lipinski definition) is 3. The molecule has 0 bridgehead atoms. The van der Waals surface area contributed by atoms with Crippen LogP contribution in [-0.2, 0) is 9.84 Å². The predicted molar refractivity (Wildman–Crippen MR) is 106 cm³/mol. The van der Waals surface area contributed by atoms with Gasteiger partial charge in [-0.2, -0.15) is 0 Å². The predicted octanol–water partition coefficient (Wildman–Crippen LogP) is 0.597. The summed E-state index contributed by atoms with van der Waals surface area (Å²) in [6.45, 7) is 7.58. The Morgan fingerprint density at radius 2 is 1.93 bits per heavy atom. The van der Waals surface area contributed by atoms with Crippen molar-refractivity contribution in [3.63, 3.8) is 0 Å². The van der Waals surface area contributed by atoms with E-state index in [9.17, 15) is 18.3 Å². The highest BCUT2D eigenvalue weighted by molar-refractivity contribution is 7.92. The van der Waals surface area contributed by atoms with E-state index in [1.54, 1.807) is 26.0 Å². The molecule has 0 aromatic heterocycles. The molecule has 0 spiro atoms. The zero-order valence-electron chi connectivity index (χ0n) is 16.0. The van der Waals surface area contributed by atoms with E-state index in [2.05, 4.69) is 15.6 Å². The number of guanidine groups is 1. The molecule has 150 valence electrons. The van der Waals surface area contributed by atoms with Crippen LogP contribution in [0.1, 0.15) is 31.1 Å². The lowest BCUT2D eigenvalue weighted by atomic mass is 10.2. The Bertz CT molecular complexity index is 788. The van der Waals surface area contributed by atoms with Crippen LogP contribution in [0.15, 0.2) is 29.3 Å². The Kier molecular flexibility index (Phi) is 6.69. The molecular formula is C18H28N4O4S. The summed E-state index contributed by atoms with van der Waals surface area (Å²) in [5.41, 5.74) is 0.465. The first-order valence-corrected chi connectivity index (χ1v) is 10.6. The molecule has 0 atom stereocenters. The summed E-state index contributed by atoms with van der Waals surface area (Å²) in [6.07, 6.45) is 0. The summed E-state index contributed by atoms with van der Waals surface area (Å²) < 4.78 is 23.5. The van der Waals surface area contributed by atoms with Crippen LogP contribution in [0.3, 0.4) is 0 Å². The van der Waals surface area contributed by atoms with Crippen molar-refractivity contribution in [2.75, 3.05) is 38.5 Å². The maximum atomic E-state index is 12.2. The second-order valence-corrected chi connectivity index (χ2v) is 9.78. The maximum Gasteiger partial charge on any atom is 0.251 e. The average Bonchev–Trinajstić information content (AvgIpc) is 2.60. The Morgan fingerprint density at radius 3 is 2.52 bits per heavy atom. The third kappa shape index (κ3) is 5.35. The smallest absolute Gasteiger partial charge is 0.251 e. The number of carbonyl (C=O) groups is 1. The van der Waals surface area contributed by atoms with E-state index in [1.807, 2.05) is 11.8 Å². The van der Waals surface area contributed by atoms with Gasteiger partial charge in [0.25, 0.3) is 5.91 Å². The van der Waals surface area contributed by atoms with Gasteiger partial charge in [0, 0.05) is 31.7 Å². The molecule has 0 aliphatic carbocycles. The molecule has 2 rings (SSSR count). The molecule has 8 nitrogen and oxygen atoms in total. The zero-order chi connectivity index (χ0) is 20.1. The van der Waals surface area contributed by atoms with Crippen molar-refractivity contribution in [1.29, 1.82) is 0 Å². The first kappa shape index (κ1) is 21.0. The van der Waals surface area contributed by atoms with Crippen LogP contribution < -0.4 is 10.6 Å². The number of amides is 1. The van der Waals surface area contributed by atoms with Gasteiger partial charge in [-0.05, 0) is 45.0 Å². The topological polar surface area (TPSA) is 111 Å². The van der Waals surface area contributed by atoms with E-state index in [0.29, 0.717) is 44.2 Å². The summed E-state index contributed by atoms with van der Waals surface area (Å²) >= 11 is 0. The quantitative estimate of drug-likeness (QED) is 0.382. The van der Waals surface area contributed by atoms with Crippen molar-refractivity contribution in [3.05, 3.63) is 29.8 Å². The zero-order valence-corrected chi connectivity index (χ0v) is 16.8. The molecule has 0 radical (unpaired) electrons. The molecule has 1 aliphatic heterocycles. The molecule has 9 heteroatoms. The minimum absolute atomic E-state index is 0.0992. The van der Waals surface area contributed by atoms with E-state index in [0.717, 1.165) is 0 Å². The molecule has 3 N–H and O–H groups in total. The number of phenols is 1. The lowest BCUT2D eigenvalue weighted by Gasteiger charge is -2.39. The molecule has 0 unspecified atom stereocenters. The summed E-state index contributed by atoms with van der Waals surface area (Å²) in [5, 5.41) is 15.2. The first-order chi connectivity index (χ1) is 12.7. The third-order valence-electron chi connectivity index (χ3n) is 4.47. The van der Waals surface area contributed by atoms with Crippen LogP contribution in [-0.4, -0.2) is 73.5 Å². The van der Waals surface area contributed by atoms with Gasteiger partial charge in [-0.25, -0.2) is 8.42 Å². The average molecular weight is 397 g/mol. The second-order valence-electron chi connectivity index (χ2n) is 7.04. The van der Waals surface area contributed by atoms with Crippen LogP contribution in [0.2, 0.25) is 0 Å². The summed E-state index contributed by atoms with van der Waals surface area (Å²) in [6, 6.07) is 6.02. The number of aromatic hydroxyl groups is 1. The number of nitrogens with zero attached hydrogens (tertiary/aromatic N) is 2. The Balaban J connectivity index is 1.93. The Labute approximate surface area is 160 Å². The highest BCUT2D eigenvalue weighted by atomic mass is 32.2. The molecular weight excluding hydrogens is 368 g/mol. The number of aliphatic imine (C=N–C) groups is 1. The molecule has 0 saturated carbocycles. The van der Waals surface area contributed by atoms with Gasteiger partial charge in [0.2, 0.25) is 0 Å². The van der Waals surface area contributed by atoms with E-state index in [4.69, 9.17) is 0 Å². The highest BCUT2D eigenvalue weighted by Gasteiger charge is 2.40. The summed E-state index contributed by atoms with van der Waals surface area (Å²) in [5.74, 6) is 0.625. The van der Waals surface area contributed by atoms with Crippen LogP contribution in [0.4, 0.5) is 0 Å². The molecule has 27 heavy (non-hydrogen) atoms. The largest absolute Gasteiger partial charge is 0.508 e. The fraction of sp³-hybridized carbons (Fsp3) is 0.556. The van der Waals surface area contributed by atoms with Crippen molar-refractivity contribution < 1.29 is 18.3 Å². The minimum Gasteiger partial charge on any atom is -0.508 e. The number of phenolic OH excluding ortho intramolecular Hbond substituents is 1. The number of rotatable bonds is 5. The molecule has 1 heterocycles. The number of nitrogens with one attached hydrogen (secondary N) is 2. The summed E-state index contributed by atoms with van der Waals surface area (Å²) in [4.78, 5) is 18.5. The van der Waals surface area contributed by atoms with Crippen LogP contribution in [0, 0.1) is 0 Å². The Morgan fingerprint density at radius 1 is 1.26 bits per heavy atom. The monoisotopic (exact) mass is 396 g/mol. The highest BCUT2D eigenvalue weighted by Crippen LogP contribution is 2.23. The summed E-state index contributed by atoms with van der Waals surface area (Å²) in [7, 11) is -3.11. The van der Waals surface area contributed by atoms with E-state index >= 15 is 0 Å². The van der Waals surface area contributed by atoms with Gasteiger partial charge in [-0.15, -0.1) is 0 Å². The fourth-order valence-electron chi connectivity index (χ4n) is 2.80. The molecule has 1 amide bonds. The number of hydrogen-bond acceptors (Lipinski definition) is 5. The van der Waals surface area contributed by atoms with Crippen molar-refractivity contribution in [2.24, 2.45) is 4.99 Å². The molecule has 1 aliphatic rings. The van der Waals surface area contributed by atoms with Crippen LogP contribution >= 0.6 is 0 Å². The fourth-order valence-corrected chi connectivity index (χ4v) is 4.16. The molecule has 1 fully saturated rings. The number of benzene rings is 1. The van der Waals surface area contributed by atoms with Gasteiger partial charge in [0.15, 0.2) is 15.8 Å². The number of carbonyl (C=O) groups excluding carboxylic acids is 1. The third-order valence-corrected chi connectivity index (χ3v) is 7.00. The van der Waals surface area contributed by atoms with Crippen molar-refractivity contribution in [2.45, 2.75) is 25.5 Å². The van der Waals surface area contributed by atoms with Gasteiger partial charge in [0.1, 0.15) is 5.75 Å². The minimum atomic E-state index is -3.11. The molecule has 1 aromatic rings. The number of sulfone groups is 1. The molecule has 1 aromatic carbocycles. The second kappa shape index (κ2) is 8.60. The maximum absolute atomic E-state index is 12.2. The van der Waals surface area contributed by atoms with Crippen LogP contribution in [0.25, 0.3) is 0 Å². The van der Waals surface area contributed by atoms with E-state index in [-0.39, 0.29) is 17.4 Å². The van der Waals surface area contributed by atoms with Crippen molar-refractivity contribution in [1.82, 2.24) is 15.5 Å². The van der Waals surface area contributed by atoms with Crippen LogP contribution in [0.5, 0.6) is 5.75 Å². The first-order valence-electron chi connectivity index (χ1n) is 8.99. The van der Waals surface area contributed by atoms with Gasteiger partial charge >= 0.3 is 0 Å². The SMILES string of the molecule is CCNC(=NCCNC(=O)c1ccc(O)cc1)N1CCS(=O)(=O)C(C)(C)C1. The van der Waals surface area contributed by atoms with Crippen molar-refractivity contribution >= 4 is 21.7 Å². The van der Waals surface area contributed by atoms with Gasteiger partial charge < -0.3 is 20.6 Å². The lowest BCUT2D eigenvalue weighted by Crippen LogP contribution is -2.57. The molecule has 1 saturated heterocycles.